The van der Waals surface area contributed by atoms with Gasteiger partial charge in [-0.1, -0.05) is 26.0 Å². The SMILES string of the molecule is C=C(C)C(=O)OCCC1CCC(C2CCC(OC(=O)C(=C)C)CC2)CC1.O.O. The number of carbonyl (C=O) groups is 2. The highest BCUT2D eigenvalue weighted by molar-refractivity contribution is 5.87. The Balaban J connectivity index is 0.00000364. The van der Waals surface area contributed by atoms with Crippen molar-refractivity contribution in [2.45, 2.75) is 77.7 Å². The summed E-state index contributed by atoms with van der Waals surface area (Å²) in [6.07, 6.45) is 10.4. The lowest BCUT2D eigenvalue weighted by atomic mass is 9.70. The van der Waals surface area contributed by atoms with Gasteiger partial charge in [0.2, 0.25) is 0 Å². The second-order valence-corrected chi connectivity index (χ2v) is 8.21. The molecular formula is C22H38O6. The molecule has 6 nitrogen and oxygen atoms in total. The Morgan fingerprint density at radius 1 is 0.786 bits per heavy atom. The van der Waals surface area contributed by atoms with E-state index in [0.717, 1.165) is 31.1 Å². The zero-order valence-electron chi connectivity index (χ0n) is 17.4. The van der Waals surface area contributed by atoms with Crippen LogP contribution < -0.4 is 0 Å². The standard InChI is InChI=1S/C22H34O4.2H2O/c1-15(2)21(23)25-14-13-17-5-7-18(8-6-17)19-9-11-20(12-10-19)26-22(24)16(3)4;;/h17-20H,1,3,5-14H2,2,4H3;2*1H2. The molecule has 0 atom stereocenters. The average Bonchev–Trinajstić information content (AvgIpc) is 2.62. The molecule has 0 unspecified atom stereocenters. The van der Waals surface area contributed by atoms with Crippen molar-refractivity contribution >= 4 is 11.9 Å². The summed E-state index contributed by atoms with van der Waals surface area (Å²) in [7, 11) is 0. The molecule has 0 spiro atoms. The molecule has 0 saturated heterocycles. The van der Waals surface area contributed by atoms with Gasteiger partial charge in [0.05, 0.1) is 6.61 Å². The van der Waals surface area contributed by atoms with Crippen molar-refractivity contribution in [3.05, 3.63) is 24.3 Å². The molecule has 0 amide bonds. The van der Waals surface area contributed by atoms with Gasteiger partial charge in [-0.15, -0.1) is 0 Å². The van der Waals surface area contributed by atoms with Crippen LogP contribution in [0.2, 0.25) is 0 Å². The summed E-state index contributed by atoms with van der Waals surface area (Å²) in [6, 6.07) is 0. The fraction of sp³-hybridized carbons (Fsp3) is 0.727. The minimum atomic E-state index is -0.275. The van der Waals surface area contributed by atoms with Gasteiger partial charge in [-0.2, -0.15) is 0 Å². The number of ether oxygens (including phenoxy) is 2. The number of carbonyl (C=O) groups excluding carboxylic acids is 2. The first-order chi connectivity index (χ1) is 12.4. The molecular weight excluding hydrogens is 360 g/mol. The van der Waals surface area contributed by atoms with Gasteiger partial charge < -0.3 is 20.4 Å². The molecule has 0 aromatic rings. The van der Waals surface area contributed by atoms with Gasteiger partial charge in [0.1, 0.15) is 6.10 Å². The Morgan fingerprint density at radius 2 is 1.25 bits per heavy atom. The molecule has 2 aliphatic carbocycles. The first kappa shape index (κ1) is 26.3. The van der Waals surface area contributed by atoms with Crippen LogP contribution in [0.25, 0.3) is 0 Å². The minimum absolute atomic E-state index is 0. The number of esters is 2. The van der Waals surface area contributed by atoms with Gasteiger partial charge in [0.15, 0.2) is 0 Å². The zero-order valence-corrected chi connectivity index (χ0v) is 17.4. The largest absolute Gasteiger partial charge is 0.462 e. The van der Waals surface area contributed by atoms with Gasteiger partial charge >= 0.3 is 11.9 Å². The molecule has 0 aromatic heterocycles. The molecule has 162 valence electrons. The van der Waals surface area contributed by atoms with Crippen molar-refractivity contribution in [1.82, 2.24) is 0 Å². The van der Waals surface area contributed by atoms with Crippen LogP contribution in [0.3, 0.4) is 0 Å². The Kier molecular flexibility index (Phi) is 12.0. The lowest BCUT2D eigenvalue weighted by Gasteiger charge is -2.37. The summed E-state index contributed by atoms with van der Waals surface area (Å²) in [5.74, 6) is 1.74. The maximum Gasteiger partial charge on any atom is 0.333 e. The average molecular weight is 399 g/mol. The maximum absolute atomic E-state index is 11.6. The van der Waals surface area contributed by atoms with Crippen molar-refractivity contribution in [3.8, 4) is 0 Å². The Morgan fingerprint density at radius 3 is 1.71 bits per heavy atom. The number of hydrogen-bond acceptors (Lipinski definition) is 4. The predicted octanol–water partition coefficient (Wildman–Crippen LogP) is 3.33. The second-order valence-electron chi connectivity index (χ2n) is 8.21. The highest BCUT2D eigenvalue weighted by Crippen LogP contribution is 2.41. The molecule has 28 heavy (non-hydrogen) atoms. The molecule has 0 aromatic carbocycles. The van der Waals surface area contributed by atoms with Gasteiger partial charge in [0, 0.05) is 11.1 Å². The predicted molar refractivity (Wildman–Crippen MR) is 110 cm³/mol. The van der Waals surface area contributed by atoms with Crippen LogP contribution in [0.15, 0.2) is 24.3 Å². The summed E-state index contributed by atoms with van der Waals surface area (Å²) >= 11 is 0. The van der Waals surface area contributed by atoms with E-state index in [1.165, 1.54) is 38.5 Å². The first-order valence-electron chi connectivity index (χ1n) is 10.1. The third kappa shape index (κ3) is 8.15. The molecule has 2 fully saturated rings. The van der Waals surface area contributed by atoms with Gasteiger partial charge in [-0.05, 0) is 76.5 Å². The van der Waals surface area contributed by atoms with E-state index in [2.05, 4.69) is 13.2 Å². The van der Waals surface area contributed by atoms with E-state index in [0.29, 0.717) is 23.7 Å². The van der Waals surface area contributed by atoms with Crippen LogP contribution in [0.5, 0.6) is 0 Å². The van der Waals surface area contributed by atoms with Crippen molar-refractivity contribution in [1.29, 1.82) is 0 Å². The summed E-state index contributed by atoms with van der Waals surface area (Å²) < 4.78 is 10.7. The van der Waals surface area contributed by atoms with Crippen molar-refractivity contribution in [2.24, 2.45) is 17.8 Å². The smallest absolute Gasteiger partial charge is 0.333 e. The molecule has 2 rings (SSSR count). The van der Waals surface area contributed by atoms with Crippen LogP contribution in [0.4, 0.5) is 0 Å². The Hall–Kier alpha value is -1.66. The van der Waals surface area contributed by atoms with E-state index >= 15 is 0 Å². The fourth-order valence-electron chi connectivity index (χ4n) is 4.32. The molecule has 2 saturated carbocycles. The lowest BCUT2D eigenvalue weighted by molar-refractivity contribution is -0.146. The van der Waals surface area contributed by atoms with Crippen LogP contribution in [0.1, 0.15) is 71.6 Å². The highest BCUT2D eigenvalue weighted by Gasteiger charge is 2.32. The fourth-order valence-corrected chi connectivity index (χ4v) is 4.32. The zero-order chi connectivity index (χ0) is 19.1. The molecule has 0 radical (unpaired) electrons. The molecule has 0 bridgehead atoms. The normalized spacial score (nSPS) is 26.8. The number of rotatable bonds is 7. The summed E-state index contributed by atoms with van der Waals surface area (Å²) in [5, 5.41) is 0. The monoisotopic (exact) mass is 398 g/mol. The Labute approximate surface area is 169 Å². The summed E-state index contributed by atoms with van der Waals surface area (Å²) in [5.41, 5.74) is 0.956. The second kappa shape index (κ2) is 12.7. The topological polar surface area (TPSA) is 116 Å². The molecule has 2 aliphatic rings. The van der Waals surface area contributed by atoms with Crippen molar-refractivity contribution in [2.75, 3.05) is 6.61 Å². The van der Waals surface area contributed by atoms with E-state index < -0.39 is 0 Å². The summed E-state index contributed by atoms with van der Waals surface area (Å²) in [4.78, 5) is 23.1. The molecule has 4 N–H and O–H groups in total. The third-order valence-electron chi connectivity index (χ3n) is 6.01. The highest BCUT2D eigenvalue weighted by atomic mass is 16.5. The maximum atomic E-state index is 11.6. The van der Waals surface area contributed by atoms with E-state index in [1.54, 1.807) is 13.8 Å². The van der Waals surface area contributed by atoms with Crippen LogP contribution in [0, 0.1) is 17.8 Å². The third-order valence-corrected chi connectivity index (χ3v) is 6.01. The summed E-state index contributed by atoms with van der Waals surface area (Å²) in [6.45, 7) is 11.2. The first-order valence-corrected chi connectivity index (χ1v) is 10.1. The van der Waals surface area contributed by atoms with Gasteiger partial charge in [-0.3, -0.25) is 0 Å². The van der Waals surface area contributed by atoms with Gasteiger partial charge in [0.25, 0.3) is 0 Å². The van der Waals surface area contributed by atoms with Crippen molar-refractivity contribution in [3.63, 3.8) is 0 Å². The van der Waals surface area contributed by atoms with Crippen LogP contribution in [-0.2, 0) is 19.1 Å². The van der Waals surface area contributed by atoms with E-state index in [-0.39, 0.29) is 29.0 Å². The van der Waals surface area contributed by atoms with E-state index in [1.807, 2.05) is 0 Å². The molecule has 6 heteroatoms. The van der Waals surface area contributed by atoms with Crippen LogP contribution in [-0.4, -0.2) is 35.6 Å². The van der Waals surface area contributed by atoms with E-state index in [9.17, 15) is 9.59 Å². The van der Waals surface area contributed by atoms with Crippen LogP contribution >= 0.6 is 0 Å². The van der Waals surface area contributed by atoms with Gasteiger partial charge in [-0.25, -0.2) is 9.59 Å². The molecule has 0 heterocycles. The lowest BCUT2D eigenvalue weighted by Crippen LogP contribution is -2.30. The number of hydrogen-bond donors (Lipinski definition) is 0. The van der Waals surface area contributed by atoms with Crippen molar-refractivity contribution < 1.29 is 30.0 Å². The molecule has 0 aliphatic heterocycles. The minimum Gasteiger partial charge on any atom is -0.462 e. The Bertz CT molecular complexity index is 525. The van der Waals surface area contributed by atoms with E-state index in [4.69, 9.17) is 9.47 Å². The quantitative estimate of drug-likeness (QED) is 0.483.